The Labute approximate surface area is 200 Å². The molecule has 2 unspecified atom stereocenters. The molecule has 5 nitrogen and oxygen atoms in total. The number of piperidine rings is 1. The highest BCUT2D eigenvalue weighted by atomic mass is 16.2. The van der Waals surface area contributed by atoms with Crippen molar-refractivity contribution in [1.29, 1.82) is 0 Å². The second kappa shape index (κ2) is 11.5. The fourth-order valence-corrected chi connectivity index (χ4v) is 6.11. The molecule has 1 aromatic rings. The van der Waals surface area contributed by atoms with Gasteiger partial charge in [-0.1, -0.05) is 38.3 Å². The number of piperazine rings is 1. The Morgan fingerprint density at radius 2 is 1.58 bits per heavy atom. The third kappa shape index (κ3) is 5.79. The number of unbranched alkanes of at least 4 members (excludes halogenated alkanes) is 1. The topological polar surface area (TPSA) is 43.9 Å². The molecule has 0 aromatic heterocycles. The number of nitrogens with zero attached hydrogens (tertiary/aromatic N) is 3. The van der Waals surface area contributed by atoms with Crippen molar-refractivity contribution in [1.82, 2.24) is 14.7 Å². The van der Waals surface area contributed by atoms with Crippen LogP contribution in [0.5, 0.6) is 0 Å². The molecule has 2 amide bonds. The van der Waals surface area contributed by atoms with Gasteiger partial charge in [-0.15, -0.1) is 0 Å². The Balaban J connectivity index is 1.38. The first-order valence-corrected chi connectivity index (χ1v) is 13.5. The summed E-state index contributed by atoms with van der Waals surface area (Å²) in [6.07, 6.45) is 11.8. The van der Waals surface area contributed by atoms with Crippen molar-refractivity contribution in [3.63, 3.8) is 0 Å². The van der Waals surface area contributed by atoms with E-state index in [0.29, 0.717) is 31.0 Å². The van der Waals surface area contributed by atoms with Crippen molar-refractivity contribution in [2.45, 2.75) is 90.1 Å². The second-order valence-corrected chi connectivity index (χ2v) is 10.5. The molecule has 0 radical (unpaired) electrons. The Morgan fingerprint density at radius 3 is 2.21 bits per heavy atom. The summed E-state index contributed by atoms with van der Waals surface area (Å²) in [6.45, 7) is 8.36. The van der Waals surface area contributed by atoms with E-state index in [1.807, 2.05) is 17.0 Å². The summed E-state index contributed by atoms with van der Waals surface area (Å²) in [7, 11) is 0. The van der Waals surface area contributed by atoms with E-state index in [4.69, 9.17) is 0 Å². The SMILES string of the molecule is CCCCc1ccc(C(=O)N2CCN(C(C(=O)N3CCCCC3C)C3CCCC3)CC2)cc1. The molecule has 4 rings (SSSR count). The van der Waals surface area contributed by atoms with Crippen LogP contribution in [0.15, 0.2) is 24.3 Å². The summed E-state index contributed by atoms with van der Waals surface area (Å²) in [5, 5.41) is 0. The van der Waals surface area contributed by atoms with Gasteiger partial charge in [0.1, 0.15) is 0 Å². The van der Waals surface area contributed by atoms with Gasteiger partial charge in [-0.2, -0.15) is 0 Å². The van der Waals surface area contributed by atoms with Gasteiger partial charge < -0.3 is 9.80 Å². The van der Waals surface area contributed by atoms with Gasteiger partial charge in [0.2, 0.25) is 5.91 Å². The number of hydrogen-bond donors (Lipinski definition) is 0. The maximum Gasteiger partial charge on any atom is 0.253 e. The number of likely N-dealkylation sites (tertiary alicyclic amines) is 1. The predicted octanol–water partition coefficient (Wildman–Crippen LogP) is 4.75. The van der Waals surface area contributed by atoms with Crippen molar-refractivity contribution in [2.24, 2.45) is 5.92 Å². The molecule has 1 aliphatic carbocycles. The molecule has 0 spiro atoms. The lowest BCUT2D eigenvalue weighted by atomic mass is 9.92. The summed E-state index contributed by atoms with van der Waals surface area (Å²) in [5.41, 5.74) is 2.09. The van der Waals surface area contributed by atoms with E-state index >= 15 is 0 Å². The molecule has 2 heterocycles. The first-order valence-electron chi connectivity index (χ1n) is 13.5. The Kier molecular flexibility index (Phi) is 8.45. The van der Waals surface area contributed by atoms with Crippen molar-refractivity contribution in [3.8, 4) is 0 Å². The highest BCUT2D eigenvalue weighted by Crippen LogP contribution is 2.33. The minimum Gasteiger partial charge on any atom is -0.339 e. The summed E-state index contributed by atoms with van der Waals surface area (Å²) >= 11 is 0. The zero-order chi connectivity index (χ0) is 23.2. The smallest absolute Gasteiger partial charge is 0.253 e. The monoisotopic (exact) mass is 453 g/mol. The van der Waals surface area contributed by atoms with Gasteiger partial charge in [0.15, 0.2) is 0 Å². The van der Waals surface area contributed by atoms with E-state index in [1.165, 1.54) is 50.5 Å². The van der Waals surface area contributed by atoms with Crippen molar-refractivity contribution in [2.75, 3.05) is 32.7 Å². The quantitative estimate of drug-likeness (QED) is 0.599. The summed E-state index contributed by atoms with van der Waals surface area (Å²) in [4.78, 5) is 33.4. The van der Waals surface area contributed by atoms with E-state index in [0.717, 1.165) is 44.5 Å². The zero-order valence-corrected chi connectivity index (χ0v) is 20.8. The lowest BCUT2D eigenvalue weighted by Crippen LogP contribution is -2.60. The fraction of sp³-hybridized carbons (Fsp3) is 0.714. The molecule has 1 saturated carbocycles. The molecule has 2 aliphatic heterocycles. The molecule has 3 aliphatic rings. The number of benzene rings is 1. The van der Waals surface area contributed by atoms with Gasteiger partial charge in [0, 0.05) is 44.3 Å². The number of carbonyl (C=O) groups excluding carboxylic acids is 2. The highest BCUT2D eigenvalue weighted by molar-refractivity contribution is 5.94. The molecule has 2 saturated heterocycles. The number of amides is 2. The predicted molar refractivity (Wildman–Crippen MR) is 133 cm³/mol. The van der Waals surface area contributed by atoms with Crippen LogP contribution in [-0.2, 0) is 11.2 Å². The number of rotatable bonds is 7. The minimum absolute atomic E-state index is 0.00292. The van der Waals surface area contributed by atoms with Gasteiger partial charge in [-0.3, -0.25) is 14.5 Å². The molecular weight excluding hydrogens is 410 g/mol. The standard InChI is InChI=1S/C28H43N3O2/c1-3-4-10-23-13-15-25(16-14-23)27(32)30-20-18-29(19-21-30)26(24-11-5-6-12-24)28(33)31-17-8-7-9-22(31)2/h13-16,22,24,26H,3-12,17-21H2,1-2H3. The highest BCUT2D eigenvalue weighted by Gasteiger charge is 2.40. The van der Waals surface area contributed by atoms with Crippen molar-refractivity contribution in [3.05, 3.63) is 35.4 Å². The lowest BCUT2D eigenvalue weighted by Gasteiger charge is -2.44. The van der Waals surface area contributed by atoms with Crippen LogP contribution in [0.4, 0.5) is 0 Å². The van der Waals surface area contributed by atoms with E-state index in [2.05, 4.69) is 35.8 Å². The van der Waals surface area contributed by atoms with Crippen molar-refractivity contribution >= 4 is 11.8 Å². The van der Waals surface area contributed by atoms with Crippen LogP contribution in [0, 0.1) is 5.92 Å². The van der Waals surface area contributed by atoms with Gasteiger partial charge in [0.05, 0.1) is 6.04 Å². The zero-order valence-electron chi connectivity index (χ0n) is 20.8. The lowest BCUT2D eigenvalue weighted by molar-refractivity contribution is -0.143. The van der Waals surface area contributed by atoms with Crippen LogP contribution in [0.3, 0.4) is 0 Å². The second-order valence-electron chi connectivity index (χ2n) is 10.5. The third-order valence-electron chi connectivity index (χ3n) is 8.20. The van der Waals surface area contributed by atoms with Gasteiger partial charge in [-0.05, 0) is 75.5 Å². The van der Waals surface area contributed by atoms with E-state index in [1.54, 1.807) is 0 Å². The van der Waals surface area contributed by atoms with Gasteiger partial charge >= 0.3 is 0 Å². The average molecular weight is 454 g/mol. The average Bonchev–Trinajstić information content (AvgIpc) is 3.38. The number of aryl methyl sites for hydroxylation is 1. The number of hydrogen-bond acceptors (Lipinski definition) is 3. The largest absolute Gasteiger partial charge is 0.339 e. The molecule has 0 N–H and O–H groups in total. The molecule has 2 atom stereocenters. The third-order valence-corrected chi connectivity index (χ3v) is 8.20. The van der Waals surface area contributed by atoms with Crippen LogP contribution in [-0.4, -0.2) is 71.3 Å². The van der Waals surface area contributed by atoms with Crippen molar-refractivity contribution < 1.29 is 9.59 Å². The van der Waals surface area contributed by atoms with Gasteiger partial charge in [0.25, 0.3) is 5.91 Å². The Bertz CT molecular complexity index is 779. The summed E-state index contributed by atoms with van der Waals surface area (Å²) < 4.78 is 0. The molecular formula is C28H43N3O2. The minimum atomic E-state index is 0.00292. The van der Waals surface area contributed by atoms with Crippen LogP contribution < -0.4 is 0 Å². The summed E-state index contributed by atoms with van der Waals surface area (Å²) in [6, 6.07) is 8.55. The molecule has 5 heteroatoms. The molecule has 3 fully saturated rings. The maximum atomic E-state index is 13.7. The number of carbonyl (C=O) groups is 2. The fourth-order valence-electron chi connectivity index (χ4n) is 6.11. The van der Waals surface area contributed by atoms with Crippen LogP contribution in [0.25, 0.3) is 0 Å². The Hall–Kier alpha value is -1.88. The first kappa shape index (κ1) is 24.3. The first-order chi connectivity index (χ1) is 16.1. The summed E-state index contributed by atoms with van der Waals surface area (Å²) in [5.74, 6) is 0.964. The molecule has 182 valence electrons. The van der Waals surface area contributed by atoms with E-state index in [-0.39, 0.29) is 11.9 Å². The van der Waals surface area contributed by atoms with Gasteiger partial charge in [-0.25, -0.2) is 0 Å². The molecule has 33 heavy (non-hydrogen) atoms. The van der Waals surface area contributed by atoms with E-state index < -0.39 is 0 Å². The van der Waals surface area contributed by atoms with E-state index in [9.17, 15) is 9.59 Å². The molecule has 1 aromatic carbocycles. The molecule has 0 bridgehead atoms. The maximum absolute atomic E-state index is 13.7. The van der Waals surface area contributed by atoms with Crippen LogP contribution in [0.1, 0.15) is 87.6 Å². The van der Waals surface area contributed by atoms with Crippen LogP contribution >= 0.6 is 0 Å². The normalized spacial score (nSPS) is 23.6. The van der Waals surface area contributed by atoms with Crippen LogP contribution in [0.2, 0.25) is 0 Å². The Morgan fingerprint density at radius 1 is 0.909 bits per heavy atom.